The fourth-order valence-electron chi connectivity index (χ4n) is 3.00. The zero-order chi connectivity index (χ0) is 20.6. The van der Waals surface area contributed by atoms with Crippen molar-refractivity contribution in [2.45, 2.75) is 4.90 Å². The first-order valence-corrected chi connectivity index (χ1v) is 10.3. The van der Waals surface area contributed by atoms with E-state index in [1.165, 1.54) is 41.0 Å². The molecule has 0 saturated heterocycles. The number of allylic oxidation sites excluding steroid dienone is 1. The number of halogens is 1. The van der Waals surface area contributed by atoms with Crippen LogP contribution in [-0.4, -0.2) is 19.9 Å². The number of fused-ring (bicyclic) bond motifs is 1. The molecule has 0 fully saturated rings. The molecule has 0 bridgehead atoms. The van der Waals surface area contributed by atoms with E-state index >= 15 is 0 Å². The average Bonchev–Trinajstić information content (AvgIpc) is 2.73. The second kappa shape index (κ2) is 7.27. The van der Waals surface area contributed by atoms with Gasteiger partial charge >= 0.3 is 0 Å². The maximum atomic E-state index is 13.1. The van der Waals surface area contributed by atoms with E-state index in [4.69, 9.17) is 11.6 Å². The third-order valence-electron chi connectivity index (χ3n) is 4.37. The van der Waals surface area contributed by atoms with Gasteiger partial charge in [0.05, 0.1) is 4.90 Å². The van der Waals surface area contributed by atoms with E-state index in [0.29, 0.717) is 5.02 Å². The summed E-state index contributed by atoms with van der Waals surface area (Å²) in [7, 11) is -4.25. The number of pyridine rings is 1. The summed E-state index contributed by atoms with van der Waals surface area (Å²) in [5.74, 6) is -1.12. The fraction of sp³-hybridized carbons (Fsp3) is 0. The molecule has 1 aliphatic carbocycles. The van der Waals surface area contributed by atoms with E-state index in [1.807, 2.05) is 0 Å². The first-order chi connectivity index (χ1) is 13.9. The number of carbonyl (C=O) groups is 1. The summed E-state index contributed by atoms with van der Waals surface area (Å²) in [6.07, 6.45) is 3.11. The molecule has 0 spiro atoms. The van der Waals surface area contributed by atoms with Crippen LogP contribution in [0.2, 0.25) is 5.02 Å². The molecule has 0 N–H and O–H groups in total. The van der Waals surface area contributed by atoms with E-state index in [0.717, 1.165) is 0 Å². The highest BCUT2D eigenvalue weighted by Crippen LogP contribution is 2.28. The summed E-state index contributed by atoms with van der Waals surface area (Å²) >= 11 is 5.82. The summed E-state index contributed by atoms with van der Waals surface area (Å²) in [5, 5.41) is 13.5. The van der Waals surface area contributed by atoms with Crippen LogP contribution in [0.25, 0.3) is 11.5 Å². The van der Waals surface area contributed by atoms with Gasteiger partial charge in [0, 0.05) is 22.7 Å². The van der Waals surface area contributed by atoms with Gasteiger partial charge in [-0.1, -0.05) is 41.9 Å². The lowest BCUT2D eigenvalue weighted by molar-refractivity contribution is -0.577. The molecule has 0 radical (unpaired) electrons. The topological polar surface area (TPSA) is 90.5 Å². The lowest BCUT2D eigenvalue weighted by atomic mass is 9.91. The van der Waals surface area contributed by atoms with Gasteiger partial charge in [0.25, 0.3) is 10.0 Å². The highest BCUT2D eigenvalue weighted by Gasteiger charge is 2.35. The van der Waals surface area contributed by atoms with Crippen molar-refractivity contribution < 1.29 is 22.9 Å². The number of sulfonamides is 1. The minimum Gasteiger partial charge on any atom is -0.867 e. The van der Waals surface area contributed by atoms with E-state index in [9.17, 15) is 18.3 Å². The normalized spacial score (nSPS) is 15.5. The van der Waals surface area contributed by atoms with Crippen LogP contribution in [0.3, 0.4) is 0 Å². The summed E-state index contributed by atoms with van der Waals surface area (Å²) in [4.78, 5) is 13.0. The molecule has 0 atom stereocenters. The average molecular weight is 425 g/mol. The van der Waals surface area contributed by atoms with Gasteiger partial charge in [-0.2, -0.15) is 13.0 Å². The zero-order valence-corrected chi connectivity index (χ0v) is 16.4. The van der Waals surface area contributed by atoms with Crippen LogP contribution >= 0.6 is 11.6 Å². The SMILES string of the molecule is O=C1C(=NS(=O)(=O)c2ccc(Cl)cc2)C([n+]2ccccc2)=C([O-])c2ccccc21. The Bertz CT molecular complexity index is 1280. The quantitative estimate of drug-likeness (QED) is 0.603. The summed E-state index contributed by atoms with van der Waals surface area (Å²) in [6.45, 7) is 0. The van der Waals surface area contributed by atoms with Crippen LogP contribution in [-0.2, 0) is 10.0 Å². The van der Waals surface area contributed by atoms with Gasteiger partial charge in [0.15, 0.2) is 18.1 Å². The lowest BCUT2D eigenvalue weighted by Gasteiger charge is -2.23. The van der Waals surface area contributed by atoms with Crippen LogP contribution < -0.4 is 9.67 Å². The second-order valence-corrected chi connectivity index (χ2v) is 8.24. The van der Waals surface area contributed by atoms with Crippen molar-refractivity contribution in [2.24, 2.45) is 4.40 Å². The van der Waals surface area contributed by atoms with E-state index in [2.05, 4.69) is 4.40 Å². The third kappa shape index (κ3) is 3.46. The Morgan fingerprint density at radius 2 is 1.48 bits per heavy atom. The monoisotopic (exact) mass is 424 g/mol. The molecule has 0 amide bonds. The standard InChI is InChI=1S/C21H13ClN2O4S/c22-14-8-10-15(11-9-14)29(27,28)23-18-19(24-12-4-1-5-13-24)21(26)17-7-3-2-6-16(17)20(18)25/h1-13H. The van der Waals surface area contributed by atoms with Gasteiger partial charge in [0.1, 0.15) is 0 Å². The number of carbonyl (C=O) groups excluding carboxylic acids is 1. The van der Waals surface area contributed by atoms with E-state index in [-0.39, 0.29) is 21.7 Å². The Morgan fingerprint density at radius 1 is 0.862 bits per heavy atom. The molecule has 1 aliphatic rings. The number of benzene rings is 2. The Labute approximate surface area is 172 Å². The molecule has 1 heterocycles. The number of ketones is 1. The van der Waals surface area contributed by atoms with Gasteiger partial charge < -0.3 is 5.11 Å². The number of hydrogen-bond donors (Lipinski definition) is 0. The summed E-state index contributed by atoms with van der Waals surface area (Å²) < 4.78 is 30.8. The smallest absolute Gasteiger partial charge is 0.283 e. The summed E-state index contributed by atoms with van der Waals surface area (Å²) in [6, 6.07) is 16.7. The molecule has 4 rings (SSSR count). The number of nitrogens with zero attached hydrogens (tertiary/aromatic N) is 2. The molecule has 29 heavy (non-hydrogen) atoms. The summed E-state index contributed by atoms with van der Waals surface area (Å²) in [5.41, 5.74) is -0.235. The maximum absolute atomic E-state index is 13.1. The number of rotatable bonds is 3. The van der Waals surface area contributed by atoms with Gasteiger partial charge in [0.2, 0.25) is 11.5 Å². The van der Waals surface area contributed by atoms with Crippen molar-refractivity contribution >= 4 is 44.6 Å². The predicted octanol–water partition coefficient (Wildman–Crippen LogP) is 2.34. The highest BCUT2D eigenvalue weighted by molar-refractivity contribution is 7.90. The number of Topliss-reactive ketones (excluding diaryl/α,β-unsaturated/α-hetero) is 1. The molecular weight excluding hydrogens is 412 g/mol. The fourth-order valence-corrected chi connectivity index (χ4v) is 4.12. The van der Waals surface area contributed by atoms with Gasteiger partial charge in [-0.25, -0.2) is 0 Å². The van der Waals surface area contributed by atoms with Crippen molar-refractivity contribution in [1.29, 1.82) is 0 Å². The molecule has 8 heteroatoms. The number of aromatic nitrogens is 1. The largest absolute Gasteiger partial charge is 0.867 e. The Balaban J connectivity index is 1.98. The molecule has 3 aromatic rings. The Morgan fingerprint density at radius 3 is 2.14 bits per heavy atom. The Kier molecular flexibility index (Phi) is 4.77. The highest BCUT2D eigenvalue weighted by atomic mass is 35.5. The zero-order valence-electron chi connectivity index (χ0n) is 14.8. The van der Waals surface area contributed by atoms with Gasteiger partial charge in [-0.15, -0.1) is 4.40 Å². The molecule has 0 aliphatic heterocycles. The molecular formula is C21H13ClN2O4S. The molecule has 144 valence electrons. The lowest BCUT2D eigenvalue weighted by Crippen LogP contribution is -2.43. The van der Waals surface area contributed by atoms with Crippen LogP contribution in [0.5, 0.6) is 0 Å². The van der Waals surface area contributed by atoms with Gasteiger partial charge in [-0.3, -0.25) is 4.79 Å². The third-order valence-corrected chi connectivity index (χ3v) is 5.91. The predicted molar refractivity (Wildman–Crippen MR) is 107 cm³/mol. The van der Waals surface area contributed by atoms with Gasteiger partial charge in [-0.05, 0) is 35.6 Å². The van der Waals surface area contributed by atoms with Crippen molar-refractivity contribution in [1.82, 2.24) is 0 Å². The molecule has 0 saturated carbocycles. The van der Waals surface area contributed by atoms with Crippen LogP contribution in [0.15, 0.2) is 88.4 Å². The number of hydrogen-bond acceptors (Lipinski definition) is 4. The minimum atomic E-state index is -4.25. The van der Waals surface area contributed by atoms with Crippen molar-refractivity contribution in [3.63, 3.8) is 0 Å². The van der Waals surface area contributed by atoms with Crippen molar-refractivity contribution in [3.05, 3.63) is 95.3 Å². The first kappa shape index (κ1) is 19.0. The van der Waals surface area contributed by atoms with Crippen molar-refractivity contribution in [3.8, 4) is 0 Å². The van der Waals surface area contributed by atoms with E-state index < -0.39 is 27.3 Å². The molecule has 6 nitrogen and oxygen atoms in total. The minimum absolute atomic E-state index is 0.114. The van der Waals surface area contributed by atoms with Crippen molar-refractivity contribution in [2.75, 3.05) is 0 Å². The van der Waals surface area contributed by atoms with E-state index in [1.54, 1.807) is 42.7 Å². The second-order valence-electron chi connectivity index (χ2n) is 6.20. The Hall–Kier alpha value is -3.29. The maximum Gasteiger partial charge on any atom is 0.283 e. The molecule has 2 aromatic carbocycles. The van der Waals surface area contributed by atoms with Crippen LogP contribution in [0, 0.1) is 0 Å². The molecule has 1 aromatic heterocycles. The molecule has 0 unspecified atom stereocenters. The van der Waals surface area contributed by atoms with Crippen LogP contribution in [0.1, 0.15) is 15.9 Å². The first-order valence-electron chi connectivity index (χ1n) is 8.51. The van der Waals surface area contributed by atoms with Crippen LogP contribution in [0.4, 0.5) is 0 Å².